The first kappa shape index (κ1) is 13.0. The third-order valence-electron chi connectivity index (χ3n) is 3.55. The van der Waals surface area contributed by atoms with Gasteiger partial charge < -0.3 is 10.2 Å². The number of piperidine rings is 1. The first-order valence-corrected chi connectivity index (χ1v) is 6.62. The Kier molecular flexibility index (Phi) is 5.62. The molecule has 0 amide bonds. The van der Waals surface area contributed by atoms with Gasteiger partial charge in [0.25, 0.3) is 0 Å². The topological polar surface area (TPSA) is 15.3 Å². The second-order valence-electron chi connectivity index (χ2n) is 5.27. The maximum atomic E-state index is 3.58. The highest BCUT2D eigenvalue weighted by molar-refractivity contribution is 4.87. The first-order chi connectivity index (χ1) is 7.22. The molecule has 1 rings (SSSR count). The van der Waals surface area contributed by atoms with Gasteiger partial charge in [0.2, 0.25) is 0 Å². The van der Waals surface area contributed by atoms with Gasteiger partial charge in [0.05, 0.1) is 0 Å². The van der Waals surface area contributed by atoms with Crippen molar-refractivity contribution in [2.45, 2.75) is 46.0 Å². The molecule has 1 unspecified atom stereocenters. The van der Waals surface area contributed by atoms with E-state index in [0.29, 0.717) is 5.41 Å². The van der Waals surface area contributed by atoms with E-state index in [0.717, 1.165) is 0 Å². The molecule has 0 aromatic heterocycles. The van der Waals surface area contributed by atoms with Crippen LogP contribution in [-0.4, -0.2) is 38.1 Å². The molecule has 1 heterocycles. The molecule has 90 valence electrons. The Morgan fingerprint density at radius 1 is 1.27 bits per heavy atom. The first-order valence-electron chi connectivity index (χ1n) is 6.62. The molecule has 0 aromatic rings. The minimum absolute atomic E-state index is 0.566. The zero-order valence-electron chi connectivity index (χ0n) is 10.8. The van der Waals surface area contributed by atoms with Crippen molar-refractivity contribution in [3.63, 3.8) is 0 Å². The lowest BCUT2D eigenvalue weighted by Gasteiger charge is -2.40. The molecule has 1 saturated heterocycles. The number of hydrogen-bond donors (Lipinski definition) is 1. The second kappa shape index (κ2) is 6.49. The zero-order chi connectivity index (χ0) is 11.1. The normalized spacial score (nSPS) is 27.2. The van der Waals surface area contributed by atoms with E-state index < -0.39 is 0 Å². The molecular weight excluding hydrogens is 184 g/mol. The molecule has 2 heteroatoms. The molecule has 0 aromatic carbocycles. The summed E-state index contributed by atoms with van der Waals surface area (Å²) < 4.78 is 0. The highest BCUT2D eigenvalue weighted by Gasteiger charge is 2.31. The molecule has 0 saturated carbocycles. The van der Waals surface area contributed by atoms with Crippen LogP contribution in [0.2, 0.25) is 0 Å². The summed E-state index contributed by atoms with van der Waals surface area (Å²) in [6.45, 7) is 9.56. The molecule has 15 heavy (non-hydrogen) atoms. The van der Waals surface area contributed by atoms with Crippen molar-refractivity contribution in [3.05, 3.63) is 0 Å². The van der Waals surface area contributed by atoms with Gasteiger partial charge in [0.15, 0.2) is 0 Å². The Morgan fingerprint density at radius 3 is 2.60 bits per heavy atom. The van der Waals surface area contributed by atoms with Crippen LogP contribution in [0.5, 0.6) is 0 Å². The summed E-state index contributed by atoms with van der Waals surface area (Å²) in [5.41, 5.74) is 0.566. The smallest absolute Gasteiger partial charge is 0.00471 e. The molecule has 0 aliphatic carbocycles. The van der Waals surface area contributed by atoms with Crippen LogP contribution >= 0.6 is 0 Å². The summed E-state index contributed by atoms with van der Waals surface area (Å²) in [4.78, 5) is 2.52. The van der Waals surface area contributed by atoms with Crippen molar-refractivity contribution in [2.24, 2.45) is 5.41 Å². The maximum absolute atomic E-state index is 3.58. The zero-order valence-corrected chi connectivity index (χ0v) is 10.8. The monoisotopic (exact) mass is 212 g/mol. The standard InChI is InChI=1S/C13H28N2/c1-4-7-13(8-6-9-14-11-13)12-15(3)10-5-2/h14H,4-12H2,1-3H3. The van der Waals surface area contributed by atoms with Crippen molar-refractivity contribution >= 4 is 0 Å². The van der Waals surface area contributed by atoms with Crippen molar-refractivity contribution in [3.8, 4) is 0 Å². The minimum atomic E-state index is 0.566. The van der Waals surface area contributed by atoms with Crippen molar-refractivity contribution in [1.29, 1.82) is 0 Å². The quantitative estimate of drug-likeness (QED) is 0.728. The van der Waals surface area contributed by atoms with E-state index in [9.17, 15) is 0 Å². The van der Waals surface area contributed by atoms with Gasteiger partial charge >= 0.3 is 0 Å². The molecule has 2 nitrogen and oxygen atoms in total. The Balaban J connectivity index is 2.47. The van der Waals surface area contributed by atoms with E-state index in [1.165, 1.54) is 58.3 Å². The van der Waals surface area contributed by atoms with Crippen LogP contribution < -0.4 is 5.32 Å². The van der Waals surface area contributed by atoms with Crippen LogP contribution in [-0.2, 0) is 0 Å². The van der Waals surface area contributed by atoms with Gasteiger partial charge in [-0.3, -0.25) is 0 Å². The van der Waals surface area contributed by atoms with Gasteiger partial charge in [-0.25, -0.2) is 0 Å². The number of nitrogens with one attached hydrogen (secondary N) is 1. The van der Waals surface area contributed by atoms with Gasteiger partial charge in [-0.2, -0.15) is 0 Å². The summed E-state index contributed by atoms with van der Waals surface area (Å²) in [6.07, 6.45) is 6.75. The van der Waals surface area contributed by atoms with Crippen LogP contribution in [0.25, 0.3) is 0 Å². The Hall–Kier alpha value is -0.0800. The number of hydrogen-bond acceptors (Lipinski definition) is 2. The molecule has 0 radical (unpaired) electrons. The second-order valence-corrected chi connectivity index (χ2v) is 5.27. The largest absolute Gasteiger partial charge is 0.316 e. The van der Waals surface area contributed by atoms with E-state index in [2.05, 4.69) is 31.1 Å². The summed E-state index contributed by atoms with van der Waals surface area (Å²) in [7, 11) is 2.27. The van der Waals surface area contributed by atoms with Crippen molar-refractivity contribution < 1.29 is 0 Å². The molecule has 0 spiro atoms. The van der Waals surface area contributed by atoms with E-state index in [1.807, 2.05) is 0 Å². The Bertz CT molecular complexity index is 156. The van der Waals surface area contributed by atoms with Crippen molar-refractivity contribution in [2.75, 3.05) is 33.2 Å². The lowest BCUT2D eigenvalue weighted by Crippen LogP contribution is -2.46. The molecule has 1 aliphatic rings. The summed E-state index contributed by atoms with van der Waals surface area (Å²) >= 11 is 0. The van der Waals surface area contributed by atoms with Crippen molar-refractivity contribution in [1.82, 2.24) is 10.2 Å². The molecule has 1 atom stereocenters. The van der Waals surface area contributed by atoms with E-state index in [1.54, 1.807) is 0 Å². The fourth-order valence-corrected chi connectivity index (χ4v) is 3.02. The fraction of sp³-hybridized carbons (Fsp3) is 1.00. The minimum Gasteiger partial charge on any atom is -0.316 e. The molecule has 0 bridgehead atoms. The SMILES string of the molecule is CCCN(C)CC1(CCC)CCCNC1. The van der Waals surface area contributed by atoms with E-state index in [4.69, 9.17) is 0 Å². The molecule has 1 N–H and O–H groups in total. The fourth-order valence-electron chi connectivity index (χ4n) is 3.02. The lowest BCUT2D eigenvalue weighted by molar-refractivity contribution is 0.122. The average Bonchev–Trinajstić information content (AvgIpc) is 2.19. The maximum Gasteiger partial charge on any atom is 0.00471 e. The van der Waals surface area contributed by atoms with Crippen LogP contribution in [0.15, 0.2) is 0 Å². The molecule has 1 fully saturated rings. The lowest BCUT2D eigenvalue weighted by atomic mass is 9.76. The van der Waals surface area contributed by atoms with Crippen LogP contribution in [0, 0.1) is 5.41 Å². The third-order valence-corrected chi connectivity index (χ3v) is 3.55. The number of nitrogens with zero attached hydrogens (tertiary/aromatic N) is 1. The molecular formula is C13H28N2. The van der Waals surface area contributed by atoms with E-state index in [-0.39, 0.29) is 0 Å². The summed E-state index contributed by atoms with van der Waals surface area (Å²) in [6, 6.07) is 0. The van der Waals surface area contributed by atoms with Gasteiger partial charge in [0.1, 0.15) is 0 Å². The number of rotatable bonds is 6. The van der Waals surface area contributed by atoms with Gasteiger partial charge in [0, 0.05) is 13.1 Å². The summed E-state index contributed by atoms with van der Waals surface area (Å²) in [5, 5.41) is 3.58. The highest BCUT2D eigenvalue weighted by atomic mass is 15.1. The predicted octanol–water partition coefficient (Wildman–Crippen LogP) is 2.50. The predicted molar refractivity (Wildman–Crippen MR) is 67.2 cm³/mol. The third kappa shape index (κ3) is 4.12. The molecule has 1 aliphatic heterocycles. The van der Waals surface area contributed by atoms with Crippen LogP contribution in [0.4, 0.5) is 0 Å². The van der Waals surface area contributed by atoms with Gasteiger partial charge in [-0.05, 0) is 51.2 Å². The Morgan fingerprint density at radius 2 is 2.07 bits per heavy atom. The Labute approximate surface area is 95.4 Å². The van der Waals surface area contributed by atoms with Crippen LogP contribution in [0.1, 0.15) is 46.0 Å². The average molecular weight is 212 g/mol. The van der Waals surface area contributed by atoms with E-state index >= 15 is 0 Å². The van der Waals surface area contributed by atoms with Crippen LogP contribution in [0.3, 0.4) is 0 Å². The van der Waals surface area contributed by atoms with Gasteiger partial charge in [-0.15, -0.1) is 0 Å². The highest BCUT2D eigenvalue weighted by Crippen LogP contribution is 2.32. The summed E-state index contributed by atoms with van der Waals surface area (Å²) in [5.74, 6) is 0. The van der Waals surface area contributed by atoms with Gasteiger partial charge in [-0.1, -0.05) is 20.3 Å².